The molecular weight excluding hydrogens is 338 g/mol. The Morgan fingerprint density at radius 2 is 1.75 bits per heavy atom. The molecule has 1 N–H and O–H groups in total. The third-order valence-electron chi connectivity index (χ3n) is 6.44. The maximum Gasteiger partial charge on any atom is 0.0328 e. The van der Waals surface area contributed by atoms with Gasteiger partial charge in [-0.05, 0) is 76.4 Å². The van der Waals surface area contributed by atoms with Crippen LogP contribution in [0.4, 0.5) is 0 Å². The Bertz CT molecular complexity index is 1090. The minimum Gasteiger partial charge on any atom is -0.387 e. The molecule has 1 heterocycles. The van der Waals surface area contributed by atoms with E-state index in [9.17, 15) is 0 Å². The van der Waals surface area contributed by atoms with Crippen molar-refractivity contribution < 1.29 is 0 Å². The van der Waals surface area contributed by atoms with Crippen molar-refractivity contribution in [1.82, 2.24) is 5.32 Å². The number of rotatable bonds is 2. The highest BCUT2D eigenvalue weighted by Gasteiger charge is 2.37. The number of hydrogen-bond acceptors (Lipinski definition) is 1. The van der Waals surface area contributed by atoms with Gasteiger partial charge in [0, 0.05) is 18.2 Å². The molecule has 0 atom stereocenters. The van der Waals surface area contributed by atoms with E-state index in [2.05, 4.69) is 93.0 Å². The van der Waals surface area contributed by atoms with Gasteiger partial charge in [-0.1, -0.05) is 68.0 Å². The standard InChI is InChI=1S/C27H27N/c1-18-13-21(15-22(14-18)20-7-6-12-28-17-20)19-10-11-26-24(16-19)23-8-4-5-9-25(23)27(26,2)3/h4,6-8,10-11,13-17,28H,5,9,12H2,1-3H3. The highest BCUT2D eigenvalue weighted by Crippen LogP contribution is 2.50. The molecule has 1 aliphatic heterocycles. The third kappa shape index (κ3) is 2.69. The van der Waals surface area contributed by atoms with Crippen LogP contribution in [-0.4, -0.2) is 6.54 Å². The van der Waals surface area contributed by atoms with Crippen molar-refractivity contribution in [2.75, 3.05) is 6.54 Å². The molecule has 5 rings (SSSR count). The van der Waals surface area contributed by atoms with Gasteiger partial charge in [0.05, 0.1) is 0 Å². The summed E-state index contributed by atoms with van der Waals surface area (Å²) >= 11 is 0. The fourth-order valence-corrected chi connectivity index (χ4v) is 4.99. The Morgan fingerprint density at radius 3 is 2.57 bits per heavy atom. The minimum atomic E-state index is 0.148. The van der Waals surface area contributed by atoms with Gasteiger partial charge in [-0.15, -0.1) is 0 Å². The Balaban J connectivity index is 1.62. The summed E-state index contributed by atoms with van der Waals surface area (Å²) in [5.74, 6) is 0. The number of benzene rings is 2. The van der Waals surface area contributed by atoms with Crippen molar-refractivity contribution >= 4 is 11.1 Å². The van der Waals surface area contributed by atoms with E-state index in [-0.39, 0.29) is 5.41 Å². The van der Waals surface area contributed by atoms with Gasteiger partial charge < -0.3 is 5.32 Å². The molecule has 0 saturated heterocycles. The van der Waals surface area contributed by atoms with Crippen molar-refractivity contribution in [3.63, 3.8) is 0 Å². The average molecular weight is 366 g/mol. The van der Waals surface area contributed by atoms with Gasteiger partial charge in [0.25, 0.3) is 0 Å². The lowest BCUT2D eigenvalue weighted by Gasteiger charge is -2.25. The van der Waals surface area contributed by atoms with Crippen LogP contribution in [0.2, 0.25) is 0 Å². The highest BCUT2D eigenvalue weighted by molar-refractivity contribution is 5.89. The average Bonchev–Trinajstić information content (AvgIpc) is 2.95. The Morgan fingerprint density at radius 1 is 0.893 bits per heavy atom. The summed E-state index contributed by atoms with van der Waals surface area (Å²) in [7, 11) is 0. The van der Waals surface area contributed by atoms with Crippen LogP contribution in [0.1, 0.15) is 48.9 Å². The molecule has 0 radical (unpaired) electrons. The molecule has 0 bridgehead atoms. The molecular formula is C27H27N. The number of nitrogens with one attached hydrogen (secondary N) is 1. The van der Waals surface area contributed by atoms with Gasteiger partial charge in [0.1, 0.15) is 0 Å². The van der Waals surface area contributed by atoms with Crippen molar-refractivity contribution in [1.29, 1.82) is 0 Å². The van der Waals surface area contributed by atoms with Crippen LogP contribution in [0.5, 0.6) is 0 Å². The van der Waals surface area contributed by atoms with Gasteiger partial charge in [-0.25, -0.2) is 0 Å². The largest absolute Gasteiger partial charge is 0.387 e. The van der Waals surface area contributed by atoms with E-state index in [1.54, 1.807) is 5.57 Å². The first-order chi connectivity index (χ1) is 13.5. The van der Waals surface area contributed by atoms with Gasteiger partial charge in [0.15, 0.2) is 0 Å². The molecule has 0 aromatic heterocycles. The Labute approximate surface area is 168 Å². The second-order valence-electron chi connectivity index (χ2n) is 8.72. The summed E-state index contributed by atoms with van der Waals surface area (Å²) in [5, 5.41) is 3.32. The molecule has 2 aliphatic carbocycles. The molecule has 3 aliphatic rings. The van der Waals surface area contributed by atoms with Crippen LogP contribution in [0, 0.1) is 6.92 Å². The molecule has 0 spiro atoms. The zero-order valence-corrected chi connectivity index (χ0v) is 17.0. The third-order valence-corrected chi connectivity index (χ3v) is 6.44. The maximum atomic E-state index is 3.32. The zero-order valence-electron chi connectivity index (χ0n) is 17.0. The van der Waals surface area contributed by atoms with Crippen molar-refractivity contribution in [3.8, 4) is 11.1 Å². The van der Waals surface area contributed by atoms with Gasteiger partial charge in [0.2, 0.25) is 0 Å². The van der Waals surface area contributed by atoms with Crippen LogP contribution in [-0.2, 0) is 5.41 Å². The number of aryl methyl sites for hydroxylation is 1. The lowest BCUT2D eigenvalue weighted by Crippen LogP contribution is -2.17. The molecule has 0 amide bonds. The minimum absolute atomic E-state index is 0.148. The summed E-state index contributed by atoms with van der Waals surface area (Å²) < 4.78 is 0. The van der Waals surface area contributed by atoms with E-state index < -0.39 is 0 Å². The number of fused-ring (bicyclic) bond motifs is 2. The number of allylic oxidation sites excluding steroid dienone is 6. The number of hydrogen-bond donors (Lipinski definition) is 1. The smallest absolute Gasteiger partial charge is 0.0328 e. The highest BCUT2D eigenvalue weighted by atomic mass is 14.8. The topological polar surface area (TPSA) is 12.0 Å². The monoisotopic (exact) mass is 365 g/mol. The first-order valence-corrected chi connectivity index (χ1v) is 10.3. The quantitative estimate of drug-likeness (QED) is 0.636. The molecule has 28 heavy (non-hydrogen) atoms. The zero-order chi connectivity index (χ0) is 19.3. The summed E-state index contributed by atoms with van der Waals surface area (Å²) in [5.41, 5.74) is 12.5. The Kier molecular flexibility index (Phi) is 3.94. The van der Waals surface area contributed by atoms with E-state index in [0.29, 0.717) is 0 Å². The second-order valence-corrected chi connectivity index (χ2v) is 8.72. The van der Waals surface area contributed by atoms with Crippen molar-refractivity contribution in [2.45, 2.75) is 39.0 Å². The van der Waals surface area contributed by atoms with Gasteiger partial charge in [-0.2, -0.15) is 0 Å². The molecule has 1 heteroatoms. The molecule has 0 unspecified atom stereocenters. The lowest BCUT2D eigenvalue weighted by molar-refractivity contribution is 0.607. The summed E-state index contributed by atoms with van der Waals surface area (Å²) in [6.45, 7) is 7.86. The van der Waals surface area contributed by atoms with E-state index in [4.69, 9.17) is 0 Å². The van der Waals surface area contributed by atoms with Crippen molar-refractivity contribution in [3.05, 3.63) is 94.7 Å². The second kappa shape index (κ2) is 6.38. The molecule has 1 nitrogen and oxygen atoms in total. The van der Waals surface area contributed by atoms with Gasteiger partial charge in [-0.3, -0.25) is 0 Å². The van der Waals surface area contributed by atoms with E-state index in [1.165, 1.54) is 57.4 Å². The molecule has 0 saturated carbocycles. The molecule has 2 aromatic carbocycles. The van der Waals surface area contributed by atoms with Crippen LogP contribution < -0.4 is 5.32 Å². The predicted octanol–water partition coefficient (Wildman–Crippen LogP) is 6.56. The fourth-order valence-electron chi connectivity index (χ4n) is 4.99. The maximum absolute atomic E-state index is 3.32. The fraction of sp³-hybridized carbons (Fsp3) is 0.259. The predicted molar refractivity (Wildman–Crippen MR) is 120 cm³/mol. The first kappa shape index (κ1) is 17.3. The first-order valence-electron chi connectivity index (χ1n) is 10.3. The van der Waals surface area contributed by atoms with E-state index in [0.717, 1.165) is 6.54 Å². The van der Waals surface area contributed by atoms with Crippen LogP contribution in [0.15, 0.2) is 72.5 Å². The van der Waals surface area contributed by atoms with Crippen LogP contribution >= 0.6 is 0 Å². The normalized spacial score (nSPS) is 19.2. The van der Waals surface area contributed by atoms with Crippen LogP contribution in [0.3, 0.4) is 0 Å². The SMILES string of the molecule is Cc1cc(C2=CNCC=C2)cc(-c2ccc3c(c2)C2=C(CCC=C2)C3(C)C)c1. The molecule has 140 valence electrons. The lowest BCUT2D eigenvalue weighted by atomic mass is 9.78. The summed E-state index contributed by atoms with van der Waals surface area (Å²) in [6.07, 6.45) is 13.5. The van der Waals surface area contributed by atoms with Crippen LogP contribution in [0.25, 0.3) is 22.3 Å². The van der Waals surface area contributed by atoms with E-state index in [1.807, 2.05) is 0 Å². The van der Waals surface area contributed by atoms with E-state index >= 15 is 0 Å². The number of dihydropyridines is 1. The van der Waals surface area contributed by atoms with Gasteiger partial charge >= 0.3 is 0 Å². The Hall–Kier alpha value is -2.80. The molecule has 0 fully saturated rings. The summed E-state index contributed by atoms with van der Waals surface area (Å²) in [6, 6.07) is 14.0. The summed E-state index contributed by atoms with van der Waals surface area (Å²) in [4.78, 5) is 0. The molecule has 2 aromatic rings. The van der Waals surface area contributed by atoms with Crippen molar-refractivity contribution in [2.24, 2.45) is 0 Å².